The van der Waals surface area contributed by atoms with Crippen LogP contribution in [0.2, 0.25) is 0 Å². The van der Waals surface area contributed by atoms with Crippen molar-refractivity contribution in [2.75, 3.05) is 14.2 Å². The third kappa shape index (κ3) is 3.03. The lowest BCUT2D eigenvalue weighted by Gasteiger charge is -2.11. The third-order valence-corrected chi connectivity index (χ3v) is 3.91. The molecule has 0 atom stereocenters. The highest BCUT2D eigenvalue weighted by Gasteiger charge is 2.26. The summed E-state index contributed by atoms with van der Waals surface area (Å²) in [6.45, 7) is 0. The van der Waals surface area contributed by atoms with E-state index < -0.39 is 15.5 Å². The van der Waals surface area contributed by atoms with Gasteiger partial charge in [0, 0.05) is 23.6 Å². The second-order valence-electron chi connectivity index (χ2n) is 5.39. The van der Waals surface area contributed by atoms with Crippen LogP contribution in [0.3, 0.4) is 0 Å². The van der Waals surface area contributed by atoms with Crippen LogP contribution in [0.1, 0.15) is 0 Å². The molecule has 0 fully saturated rings. The maximum absolute atomic E-state index is 12.4. The quantitative estimate of drug-likeness (QED) is 0.378. The fourth-order valence-electron chi connectivity index (χ4n) is 2.69. The van der Waals surface area contributed by atoms with E-state index in [-0.39, 0.29) is 39.4 Å². The second-order valence-corrected chi connectivity index (χ2v) is 5.39. The number of nitrogens with zero attached hydrogens (tertiary/aromatic N) is 2. The number of non-ortho nitro benzene ring substituents is 1. The highest BCUT2D eigenvalue weighted by Crippen LogP contribution is 2.43. The zero-order chi connectivity index (χ0) is 19.7. The Morgan fingerprint density at radius 2 is 1.56 bits per heavy atom. The fraction of sp³-hybridized carbons (Fsp3) is 0.118. The van der Waals surface area contributed by atoms with Crippen LogP contribution in [0.4, 0.5) is 11.4 Å². The fourth-order valence-corrected chi connectivity index (χ4v) is 2.69. The van der Waals surface area contributed by atoms with E-state index in [0.29, 0.717) is 5.56 Å². The first-order valence-corrected chi connectivity index (χ1v) is 7.49. The molecule has 0 N–H and O–H groups in total. The van der Waals surface area contributed by atoms with Crippen LogP contribution in [0.5, 0.6) is 11.5 Å². The highest BCUT2D eigenvalue weighted by molar-refractivity contribution is 5.91. The Labute approximate surface area is 150 Å². The predicted molar refractivity (Wildman–Crippen MR) is 94.3 cm³/mol. The molecular formula is C17H12N2O8. The van der Waals surface area contributed by atoms with Crippen LogP contribution < -0.4 is 15.1 Å². The predicted octanol–water partition coefficient (Wildman–Crippen LogP) is 3.29. The molecule has 10 heteroatoms. The van der Waals surface area contributed by atoms with Crippen molar-refractivity contribution in [3.05, 3.63) is 67.0 Å². The maximum Gasteiger partial charge on any atom is 0.344 e. The molecule has 27 heavy (non-hydrogen) atoms. The zero-order valence-electron chi connectivity index (χ0n) is 14.1. The van der Waals surface area contributed by atoms with Crippen molar-refractivity contribution in [1.82, 2.24) is 0 Å². The Morgan fingerprint density at radius 3 is 2.07 bits per heavy atom. The summed E-state index contributed by atoms with van der Waals surface area (Å²) in [5.74, 6) is -0.240. The average molecular weight is 372 g/mol. The minimum absolute atomic E-state index is 0.00406. The molecule has 138 valence electrons. The molecule has 0 aliphatic carbocycles. The number of hydrogen-bond acceptors (Lipinski definition) is 8. The van der Waals surface area contributed by atoms with Crippen LogP contribution in [0.15, 0.2) is 45.6 Å². The molecule has 10 nitrogen and oxygen atoms in total. The summed E-state index contributed by atoms with van der Waals surface area (Å²) in [5, 5.41) is 22.3. The Hall–Kier alpha value is -3.95. The Balaban J connectivity index is 2.28. The van der Waals surface area contributed by atoms with Gasteiger partial charge >= 0.3 is 11.3 Å². The van der Waals surface area contributed by atoms with Gasteiger partial charge in [-0.1, -0.05) is 0 Å². The maximum atomic E-state index is 12.4. The molecular weight excluding hydrogens is 360 g/mol. The molecule has 1 aromatic heterocycles. The molecule has 0 unspecified atom stereocenters. The summed E-state index contributed by atoms with van der Waals surface area (Å²) in [5.41, 5.74) is -0.759. The van der Waals surface area contributed by atoms with Gasteiger partial charge in [0.2, 0.25) is 11.5 Å². The summed E-state index contributed by atoms with van der Waals surface area (Å²) < 4.78 is 15.5. The van der Waals surface area contributed by atoms with Crippen molar-refractivity contribution in [3.8, 4) is 22.6 Å². The molecule has 0 amide bonds. The van der Waals surface area contributed by atoms with Crippen molar-refractivity contribution in [2.45, 2.75) is 0 Å². The lowest BCUT2D eigenvalue weighted by atomic mass is 10.0. The van der Waals surface area contributed by atoms with Gasteiger partial charge < -0.3 is 13.9 Å². The van der Waals surface area contributed by atoms with E-state index in [0.717, 1.165) is 0 Å². The Morgan fingerprint density at radius 1 is 0.926 bits per heavy atom. The normalized spacial score (nSPS) is 10.6. The van der Waals surface area contributed by atoms with Crippen LogP contribution in [-0.2, 0) is 0 Å². The molecule has 0 saturated carbocycles. The van der Waals surface area contributed by atoms with Crippen molar-refractivity contribution in [1.29, 1.82) is 0 Å². The molecule has 1 heterocycles. The van der Waals surface area contributed by atoms with Gasteiger partial charge in [0.05, 0.1) is 29.6 Å². The van der Waals surface area contributed by atoms with E-state index in [1.807, 2.05) is 0 Å². The van der Waals surface area contributed by atoms with Crippen molar-refractivity contribution < 1.29 is 23.7 Å². The smallest absolute Gasteiger partial charge is 0.344 e. The largest absolute Gasteiger partial charge is 0.490 e. The summed E-state index contributed by atoms with van der Waals surface area (Å²) in [6, 6.07) is 7.88. The number of hydrogen-bond donors (Lipinski definition) is 0. The van der Waals surface area contributed by atoms with Gasteiger partial charge in [-0.05, 0) is 23.8 Å². The Bertz CT molecular complexity index is 1120. The highest BCUT2D eigenvalue weighted by atomic mass is 16.6. The van der Waals surface area contributed by atoms with E-state index in [1.165, 1.54) is 50.6 Å². The SMILES string of the molecule is COc1c([N+](=O)[O-])cc2cc(-c3ccc([N+](=O)[O-])cc3)c(=O)oc2c1OC. The molecule has 2 aromatic carbocycles. The van der Waals surface area contributed by atoms with E-state index in [4.69, 9.17) is 13.9 Å². The molecule has 0 saturated heterocycles. The van der Waals surface area contributed by atoms with Crippen molar-refractivity contribution in [2.24, 2.45) is 0 Å². The first kappa shape index (κ1) is 17.9. The van der Waals surface area contributed by atoms with E-state index in [9.17, 15) is 25.0 Å². The number of fused-ring (bicyclic) bond motifs is 1. The van der Waals surface area contributed by atoms with Gasteiger partial charge in [0.25, 0.3) is 5.69 Å². The molecule has 0 spiro atoms. The van der Waals surface area contributed by atoms with E-state index >= 15 is 0 Å². The van der Waals surface area contributed by atoms with E-state index in [1.54, 1.807) is 0 Å². The van der Waals surface area contributed by atoms with Crippen LogP contribution in [0, 0.1) is 20.2 Å². The average Bonchev–Trinajstić information content (AvgIpc) is 2.65. The molecule has 0 radical (unpaired) electrons. The topological polar surface area (TPSA) is 135 Å². The lowest BCUT2D eigenvalue weighted by Crippen LogP contribution is -2.05. The number of nitro benzene ring substituents is 2. The number of rotatable bonds is 5. The monoisotopic (exact) mass is 372 g/mol. The van der Waals surface area contributed by atoms with Crippen LogP contribution in [-0.4, -0.2) is 24.1 Å². The van der Waals surface area contributed by atoms with Gasteiger partial charge in [-0.25, -0.2) is 4.79 Å². The van der Waals surface area contributed by atoms with Gasteiger partial charge in [-0.15, -0.1) is 0 Å². The number of nitro groups is 2. The lowest BCUT2D eigenvalue weighted by molar-refractivity contribution is -0.385. The number of benzene rings is 2. The molecule has 3 aromatic rings. The number of methoxy groups -OCH3 is 2. The van der Waals surface area contributed by atoms with Crippen LogP contribution in [0.25, 0.3) is 22.1 Å². The summed E-state index contributed by atoms with van der Waals surface area (Å²) in [6.07, 6.45) is 0. The van der Waals surface area contributed by atoms with Crippen molar-refractivity contribution in [3.63, 3.8) is 0 Å². The first-order valence-electron chi connectivity index (χ1n) is 7.49. The van der Waals surface area contributed by atoms with E-state index in [2.05, 4.69) is 0 Å². The van der Waals surface area contributed by atoms with Gasteiger partial charge in [-0.2, -0.15) is 0 Å². The first-order chi connectivity index (χ1) is 12.9. The molecule has 0 bridgehead atoms. The van der Waals surface area contributed by atoms with Crippen LogP contribution >= 0.6 is 0 Å². The summed E-state index contributed by atoms with van der Waals surface area (Å²) in [4.78, 5) is 33.3. The molecule has 3 rings (SSSR count). The summed E-state index contributed by atoms with van der Waals surface area (Å²) >= 11 is 0. The zero-order valence-corrected chi connectivity index (χ0v) is 14.1. The number of ether oxygens (including phenoxy) is 2. The summed E-state index contributed by atoms with van der Waals surface area (Å²) in [7, 11) is 2.51. The van der Waals surface area contributed by atoms with Gasteiger partial charge in [0.15, 0.2) is 5.58 Å². The standard InChI is InChI=1S/C17H12N2O8/c1-25-15-13(19(23)24)8-10-7-12(17(20)27-14(10)16(15)26-2)9-3-5-11(6-4-9)18(21)22/h3-8H,1-2H3. The molecule has 0 aliphatic rings. The van der Waals surface area contributed by atoms with Gasteiger partial charge in [0.1, 0.15) is 0 Å². The molecule has 0 aliphatic heterocycles. The van der Waals surface area contributed by atoms with Gasteiger partial charge in [-0.3, -0.25) is 20.2 Å². The van der Waals surface area contributed by atoms with Crippen molar-refractivity contribution >= 4 is 22.3 Å². The third-order valence-electron chi connectivity index (χ3n) is 3.91. The Kier molecular flexibility index (Phi) is 4.46. The second kappa shape index (κ2) is 6.75. The minimum atomic E-state index is -0.731. The minimum Gasteiger partial charge on any atom is -0.490 e.